The van der Waals surface area contributed by atoms with Gasteiger partial charge in [0, 0.05) is 11.3 Å². The van der Waals surface area contributed by atoms with E-state index in [9.17, 15) is 0 Å². The minimum atomic E-state index is -1.11. The standard InChI is InChI=1S/C57H70O4P2/c1-35(2)57(36(3)4,55(45-23-19-17-20-24-45)62(47-27-37(5)51(58-13)38(6)28-47)48-29-39(7)52(59-14)40(8)30-48)56(46-25-21-18-22-26-46)63(49-31-41(9)53(60-15)42(10)32-49)50-33-43(11)54(61-16)44(12)34-50/h17-36,55-56H,1-16H3. The zero-order valence-electron chi connectivity index (χ0n) is 40.7. The van der Waals surface area contributed by atoms with E-state index in [4.69, 9.17) is 18.9 Å². The maximum Gasteiger partial charge on any atom is 0.124 e. The second-order valence-corrected chi connectivity index (χ2v) is 22.7. The molecule has 0 spiro atoms. The first-order chi connectivity index (χ1) is 30.0. The molecule has 0 saturated carbocycles. The minimum Gasteiger partial charge on any atom is -0.496 e. The van der Waals surface area contributed by atoms with Crippen LogP contribution in [-0.2, 0) is 0 Å². The molecule has 0 bridgehead atoms. The Balaban J connectivity index is 1.88. The first kappa shape index (κ1) is 47.8. The van der Waals surface area contributed by atoms with Gasteiger partial charge in [-0.05, 0) is 214 Å². The Hall–Kier alpha value is -4.62. The molecule has 2 atom stereocenters. The summed E-state index contributed by atoms with van der Waals surface area (Å²) in [6.07, 6.45) is 0. The number of methoxy groups -OCH3 is 4. The van der Waals surface area contributed by atoms with E-state index in [1.165, 1.54) is 32.3 Å². The van der Waals surface area contributed by atoms with Gasteiger partial charge in [-0.1, -0.05) is 88.4 Å². The molecular formula is C57H70O4P2. The van der Waals surface area contributed by atoms with Gasteiger partial charge >= 0.3 is 0 Å². The van der Waals surface area contributed by atoms with Crippen LogP contribution in [0.5, 0.6) is 23.0 Å². The molecule has 4 nitrogen and oxygen atoms in total. The molecule has 0 heterocycles. The highest BCUT2D eigenvalue weighted by atomic mass is 31.1. The second-order valence-electron chi connectivity index (χ2n) is 18.1. The highest BCUT2D eigenvalue weighted by molar-refractivity contribution is 7.74. The molecule has 0 aliphatic heterocycles. The van der Waals surface area contributed by atoms with E-state index in [-0.39, 0.29) is 28.6 Å². The minimum absolute atomic E-state index is 0.0594. The predicted molar refractivity (Wildman–Crippen MR) is 273 cm³/mol. The van der Waals surface area contributed by atoms with Crippen molar-refractivity contribution in [2.75, 3.05) is 28.4 Å². The molecule has 0 N–H and O–H groups in total. The SMILES string of the molecule is COc1c(C)cc(P(c2cc(C)c(OC)c(C)c2)C(c2ccccc2)C(C(C)C)(C(C)C)C(c2ccccc2)P(c2cc(C)c(OC)c(C)c2)c2cc(C)c(OC)c(C)c2)cc1C. The Kier molecular flexibility index (Phi) is 15.2. The maximum atomic E-state index is 6.05. The van der Waals surface area contributed by atoms with Crippen LogP contribution in [0, 0.1) is 72.6 Å². The molecule has 0 aliphatic rings. The van der Waals surface area contributed by atoms with Gasteiger partial charge in [0.25, 0.3) is 0 Å². The quantitative estimate of drug-likeness (QED) is 0.0908. The second kappa shape index (κ2) is 20.0. The van der Waals surface area contributed by atoms with Crippen molar-refractivity contribution in [3.63, 3.8) is 0 Å². The van der Waals surface area contributed by atoms with Crippen LogP contribution >= 0.6 is 15.8 Å². The van der Waals surface area contributed by atoms with Crippen LogP contribution in [0.25, 0.3) is 0 Å². The van der Waals surface area contributed by atoms with Crippen molar-refractivity contribution < 1.29 is 18.9 Å². The number of hydrogen-bond donors (Lipinski definition) is 0. The third kappa shape index (κ3) is 9.06. The van der Waals surface area contributed by atoms with Crippen LogP contribution in [-0.4, -0.2) is 28.4 Å². The molecule has 6 aromatic carbocycles. The molecule has 63 heavy (non-hydrogen) atoms. The Bertz CT molecular complexity index is 2140. The lowest BCUT2D eigenvalue weighted by Gasteiger charge is -2.57. The van der Waals surface area contributed by atoms with Crippen molar-refractivity contribution in [1.29, 1.82) is 0 Å². The van der Waals surface area contributed by atoms with Crippen LogP contribution in [0.2, 0.25) is 0 Å². The summed E-state index contributed by atoms with van der Waals surface area (Å²) >= 11 is 0. The first-order valence-electron chi connectivity index (χ1n) is 22.3. The fourth-order valence-corrected chi connectivity index (χ4v) is 19.0. The molecule has 0 amide bonds. The molecular weight excluding hydrogens is 811 g/mol. The zero-order chi connectivity index (χ0) is 45.9. The third-order valence-corrected chi connectivity index (χ3v) is 19.2. The van der Waals surface area contributed by atoms with Gasteiger partial charge in [-0.15, -0.1) is 0 Å². The molecule has 0 radical (unpaired) electrons. The highest BCUT2D eigenvalue weighted by Gasteiger charge is 2.56. The number of rotatable bonds is 16. The van der Waals surface area contributed by atoms with Gasteiger partial charge in [-0.25, -0.2) is 0 Å². The molecule has 6 aromatic rings. The normalized spacial score (nSPS) is 12.9. The third-order valence-electron chi connectivity index (χ3n) is 13.4. The zero-order valence-corrected chi connectivity index (χ0v) is 42.5. The fourth-order valence-electron chi connectivity index (χ4n) is 11.1. The number of hydrogen-bond acceptors (Lipinski definition) is 4. The van der Waals surface area contributed by atoms with Crippen molar-refractivity contribution >= 4 is 37.1 Å². The van der Waals surface area contributed by atoms with Gasteiger partial charge in [-0.3, -0.25) is 0 Å². The molecule has 2 unspecified atom stereocenters. The van der Waals surface area contributed by atoms with Crippen LogP contribution < -0.4 is 40.2 Å². The summed E-state index contributed by atoms with van der Waals surface area (Å²) < 4.78 is 24.2. The molecule has 0 saturated heterocycles. The van der Waals surface area contributed by atoms with Crippen molar-refractivity contribution in [1.82, 2.24) is 0 Å². The lowest BCUT2D eigenvalue weighted by Crippen LogP contribution is -2.47. The monoisotopic (exact) mass is 880 g/mol. The predicted octanol–water partition coefficient (Wildman–Crippen LogP) is 13.5. The van der Waals surface area contributed by atoms with Gasteiger partial charge in [0.05, 0.1) is 28.4 Å². The van der Waals surface area contributed by atoms with Crippen LogP contribution in [0.1, 0.15) is 94.6 Å². The van der Waals surface area contributed by atoms with E-state index < -0.39 is 15.8 Å². The summed E-state index contributed by atoms with van der Waals surface area (Å²) in [6, 6.07) is 42.5. The lowest BCUT2D eigenvalue weighted by atomic mass is 9.61. The van der Waals surface area contributed by atoms with Crippen molar-refractivity contribution in [2.45, 2.75) is 94.4 Å². The van der Waals surface area contributed by atoms with Crippen molar-refractivity contribution in [3.05, 3.63) is 165 Å². The van der Waals surface area contributed by atoms with E-state index >= 15 is 0 Å². The smallest absolute Gasteiger partial charge is 0.124 e. The Labute approximate surface area is 382 Å². The number of ether oxygens (including phenoxy) is 4. The van der Waals surface area contributed by atoms with Crippen LogP contribution in [0.3, 0.4) is 0 Å². The average molecular weight is 881 g/mol. The van der Waals surface area contributed by atoms with E-state index in [0.717, 1.165) is 67.5 Å². The van der Waals surface area contributed by atoms with E-state index in [2.05, 4.69) is 192 Å². The van der Waals surface area contributed by atoms with Crippen molar-refractivity contribution in [3.8, 4) is 23.0 Å². The Morgan fingerprint density at radius 2 is 0.556 bits per heavy atom. The molecule has 6 heteroatoms. The van der Waals surface area contributed by atoms with E-state index in [0.29, 0.717) is 0 Å². The molecule has 0 aromatic heterocycles. The Morgan fingerprint density at radius 1 is 0.349 bits per heavy atom. The molecule has 6 rings (SSSR count). The summed E-state index contributed by atoms with van der Waals surface area (Å²) in [5, 5.41) is 5.42. The first-order valence-corrected chi connectivity index (χ1v) is 25.2. The fraction of sp³-hybridized carbons (Fsp3) is 0.368. The van der Waals surface area contributed by atoms with Crippen LogP contribution in [0.15, 0.2) is 109 Å². The van der Waals surface area contributed by atoms with E-state index in [1.807, 2.05) is 0 Å². The van der Waals surface area contributed by atoms with E-state index in [1.54, 1.807) is 28.4 Å². The summed E-state index contributed by atoms with van der Waals surface area (Å²) in [6.45, 7) is 27.7. The summed E-state index contributed by atoms with van der Waals surface area (Å²) in [5.41, 5.74) is 11.8. The summed E-state index contributed by atoms with van der Waals surface area (Å²) in [5.74, 6) is 4.26. The van der Waals surface area contributed by atoms with Gasteiger partial charge in [0.15, 0.2) is 0 Å². The summed E-state index contributed by atoms with van der Waals surface area (Å²) in [4.78, 5) is 0. The molecule has 0 fully saturated rings. The average Bonchev–Trinajstić information content (AvgIpc) is 3.23. The van der Waals surface area contributed by atoms with Gasteiger partial charge in [0.1, 0.15) is 23.0 Å². The lowest BCUT2D eigenvalue weighted by molar-refractivity contribution is 0.0988. The molecule has 0 aliphatic carbocycles. The number of benzene rings is 6. The maximum absolute atomic E-state index is 6.05. The van der Waals surface area contributed by atoms with Gasteiger partial charge in [0.2, 0.25) is 0 Å². The molecule has 332 valence electrons. The topological polar surface area (TPSA) is 36.9 Å². The van der Waals surface area contributed by atoms with Gasteiger partial charge in [-0.2, -0.15) is 0 Å². The van der Waals surface area contributed by atoms with Crippen molar-refractivity contribution in [2.24, 2.45) is 17.3 Å². The van der Waals surface area contributed by atoms with Crippen LogP contribution in [0.4, 0.5) is 0 Å². The largest absolute Gasteiger partial charge is 0.496 e. The number of aryl methyl sites for hydroxylation is 8. The summed E-state index contributed by atoms with van der Waals surface area (Å²) in [7, 11) is 4.95. The Morgan fingerprint density at radius 3 is 0.730 bits per heavy atom. The highest BCUT2D eigenvalue weighted by Crippen LogP contribution is 2.74. The van der Waals surface area contributed by atoms with Gasteiger partial charge < -0.3 is 18.9 Å².